The smallest absolute Gasteiger partial charge is 0.149 e. The average Bonchev–Trinajstić information content (AvgIpc) is 2.51. The molecule has 0 aromatic rings. The van der Waals surface area contributed by atoms with E-state index >= 15 is 0 Å². The van der Waals surface area contributed by atoms with E-state index in [1.807, 2.05) is 0 Å². The number of nitrogens with two attached hydrogens (primary N) is 1. The Hall–Kier alpha value is -0.370. The third-order valence-electron chi connectivity index (χ3n) is 2.78. The van der Waals surface area contributed by atoms with Crippen molar-refractivity contribution in [1.29, 1.82) is 0 Å². The highest BCUT2D eigenvalue weighted by Gasteiger charge is 2.16. The summed E-state index contributed by atoms with van der Waals surface area (Å²) >= 11 is 0. The Labute approximate surface area is 74.5 Å². The maximum Gasteiger partial charge on any atom is 0.149 e. The lowest BCUT2D eigenvalue weighted by Gasteiger charge is -2.08. The molecule has 2 N–H and O–H groups in total. The Balaban J connectivity index is 2.12. The van der Waals surface area contributed by atoms with Gasteiger partial charge in [-0.15, -0.1) is 0 Å². The summed E-state index contributed by atoms with van der Waals surface area (Å²) in [6, 6.07) is -0.258. The van der Waals surface area contributed by atoms with E-state index < -0.39 is 0 Å². The zero-order chi connectivity index (χ0) is 8.97. The van der Waals surface area contributed by atoms with Crippen LogP contribution in [0.4, 0.5) is 0 Å². The predicted octanol–water partition coefficient (Wildman–Crippen LogP) is 1.87. The van der Waals surface area contributed by atoms with Crippen molar-refractivity contribution in [3.05, 3.63) is 0 Å². The number of Topliss-reactive ketones (excluding diaryl/α,β-unsaturated/α-hetero) is 1. The first-order valence-corrected chi connectivity index (χ1v) is 4.98. The summed E-state index contributed by atoms with van der Waals surface area (Å²) in [7, 11) is 0. The van der Waals surface area contributed by atoms with Crippen molar-refractivity contribution < 1.29 is 4.79 Å². The Morgan fingerprint density at radius 2 is 2.08 bits per heavy atom. The molecule has 1 atom stereocenters. The van der Waals surface area contributed by atoms with E-state index in [1.165, 1.54) is 25.7 Å². The van der Waals surface area contributed by atoms with Crippen LogP contribution in [-0.4, -0.2) is 11.8 Å². The molecule has 2 heteroatoms. The molecule has 0 saturated heterocycles. The highest BCUT2D eigenvalue weighted by molar-refractivity contribution is 5.83. The summed E-state index contributed by atoms with van der Waals surface area (Å²) in [6.07, 6.45) is 7.13. The number of carbonyl (C=O) groups excluding carboxylic acids is 1. The first-order valence-electron chi connectivity index (χ1n) is 4.98. The van der Waals surface area contributed by atoms with Gasteiger partial charge in [-0.2, -0.15) is 0 Å². The Morgan fingerprint density at radius 1 is 1.50 bits per heavy atom. The van der Waals surface area contributed by atoms with Gasteiger partial charge in [-0.1, -0.05) is 25.7 Å². The summed E-state index contributed by atoms with van der Waals surface area (Å²) in [5, 5.41) is 0. The topological polar surface area (TPSA) is 43.1 Å². The summed E-state index contributed by atoms with van der Waals surface area (Å²) < 4.78 is 0. The molecule has 0 spiro atoms. The highest BCUT2D eigenvalue weighted by Crippen LogP contribution is 2.28. The van der Waals surface area contributed by atoms with E-state index in [0.29, 0.717) is 6.42 Å². The van der Waals surface area contributed by atoms with Crippen molar-refractivity contribution in [2.24, 2.45) is 11.7 Å². The van der Waals surface area contributed by atoms with Crippen LogP contribution in [0.1, 0.15) is 45.4 Å². The molecule has 1 saturated carbocycles. The molecule has 70 valence electrons. The Kier molecular flexibility index (Phi) is 3.73. The van der Waals surface area contributed by atoms with Crippen LogP contribution in [0.2, 0.25) is 0 Å². The Morgan fingerprint density at radius 3 is 2.58 bits per heavy atom. The van der Waals surface area contributed by atoms with E-state index in [2.05, 4.69) is 0 Å². The average molecular weight is 169 g/mol. The van der Waals surface area contributed by atoms with Gasteiger partial charge in [-0.25, -0.2) is 0 Å². The van der Waals surface area contributed by atoms with Gasteiger partial charge in [0.1, 0.15) is 5.78 Å². The number of carbonyl (C=O) groups is 1. The fourth-order valence-electron chi connectivity index (χ4n) is 1.87. The van der Waals surface area contributed by atoms with Crippen LogP contribution >= 0.6 is 0 Å². The van der Waals surface area contributed by atoms with Crippen molar-refractivity contribution in [2.75, 3.05) is 0 Å². The zero-order valence-corrected chi connectivity index (χ0v) is 7.88. The van der Waals surface area contributed by atoms with Crippen LogP contribution in [0.3, 0.4) is 0 Å². The monoisotopic (exact) mass is 169 g/mol. The second-order valence-corrected chi connectivity index (χ2v) is 3.94. The third kappa shape index (κ3) is 2.94. The zero-order valence-electron chi connectivity index (χ0n) is 7.88. The molecular formula is C10H19NO. The van der Waals surface area contributed by atoms with E-state index in [1.54, 1.807) is 6.92 Å². The van der Waals surface area contributed by atoms with Gasteiger partial charge in [0.05, 0.1) is 6.04 Å². The predicted molar refractivity (Wildman–Crippen MR) is 49.8 cm³/mol. The van der Waals surface area contributed by atoms with Gasteiger partial charge in [0.25, 0.3) is 0 Å². The standard InChI is InChI=1S/C10H19NO/c1-8(11)10(12)7-6-9-4-2-3-5-9/h8-9H,2-7,11H2,1H3. The van der Waals surface area contributed by atoms with E-state index in [4.69, 9.17) is 5.73 Å². The number of hydrogen-bond donors (Lipinski definition) is 1. The molecule has 1 aliphatic carbocycles. The van der Waals surface area contributed by atoms with Crippen LogP contribution in [0, 0.1) is 5.92 Å². The maximum absolute atomic E-state index is 11.2. The lowest BCUT2D eigenvalue weighted by Crippen LogP contribution is -2.26. The first-order chi connectivity index (χ1) is 5.70. The maximum atomic E-state index is 11.2. The minimum atomic E-state index is -0.258. The molecule has 0 aliphatic heterocycles. The van der Waals surface area contributed by atoms with Crippen molar-refractivity contribution in [1.82, 2.24) is 0 Å². The van der Waals surface area contributed by atoms with Crippen LogP contribution in [0.15, 0.2) is 0 Å². The molecule has 0 radical (unpaired) electrons. The molecule has 0 amide bonds. The molecule has 0 heterocycles. The lowest BCUT2D eigenvalue weighted by molar-refractivity contribution is -0.120. The Bertz CT molecular complexity index is 148. The van der Waals surface area contributed by atoms with Gasteiger partial charge < -0.3 is 5.73 Å². The molecule has 2 nitrogen and oxygen atoms in total. The van der Waals surface area contributed by atoms with Crippen molar-refractivity contribution in [3.63, 3.8) is 0 Å². The van der Waals surface area contributed by atoms with Gasteiger partial charge >= 0.3 is 0 Å². The largest absolute Gasteiger partial charge is 0.322 e. The molecular weight excluding hydrogens is 150 g/mol. The fourth-order valence-corrected chi connectivity index (χ4v) is 1.87. The minimum Gasteiger partial charge on any atom is -0.322 e. The summed E-state index contributed by atoms with van der Waals surface area (Å²) in [6.45, 7) is 1.77. The highest BCUT2D eigenvalue weighted by atomic mass is 16.1. The second-order valence-electron chi connectivity index (χ2n) is 3.94. The summed E-state index contributed by atoms with van der Waals surface area (Å²) in [5.41, 5.74) is 5.47. The lowest BCUT2D eigenvalue weighted by atomic mass is 9.98. The molecule has 1 fully saturated rings. The SMILES string of the molecule is CC(N)C(=O)CCC1CCCC1. The van der Waals surface area contributed by atoms with Crippen molar-refractivity contribution in [3.8, 4) is 0 Å². The normalized spacial score (nSPS) is 21.2. The van der Waals surface area contributed by atoms with Crippen LogP contribution in [0.25, 0.3) is 0 Å². The molecule has 1 aliphatic rings. The molecule has 12 heavy (non-hydrogen) atoms. The van der Waals surface area contributed by atoms with Crippen LogP contribution in [0.5, 0.6) is 0 Å². The minimum absolute atomic E-state index is 0.224. The fraction of sp³-hybridized carbons (Fsp3) is 0.900. The van der Waals surface area contributed by atoms with Gasteiger partial charge in [0.2, 0.25) is 0 Å². The molecule has 0 aromatic carbocycles. The second kappa shape index (κ2) is 4.61. The van der Waals surface area contributed by atoms with E-state index in [-0.39, 0.29) is 11.8 Å². The van der Waals surface area contributed by atoms with E-state index in [9.17, 15) is 4.79 Å². The number of ketones is 1. The van der Waals surface area contributed by atoms with Gasteiger partial charge in [0, 0.05) is 6.42 Å². The van der Waals surface area contributed by atoms with Crippen molar-refractivity contribution in [2.45, 2.75) is 51.5 Å². The quantitative estimate of drug-likeness (QED) is 0.698. The van der Waals surface area contributed by atoms with Gasteiger partial charge in [0.15, 0.2) is 0 Å². The molecule has 1 rings (SSSR count). The first kappa shape index (κ1) is 9.72. The molecule has 1 unspecified atom stereocenters. The summed E-state index contributed by atoms with van der Waals surface area (Å²) in [5.74, 6) is 1.04. The van der Waals surface area contributed by atoms with Crippen LogP contribution in [-0.2, 0) is 4.79 Å². The van der Waals surface area contributed by atoms with Gasteiger partial charge in [-0.05, 0) is 19.3 Å². The summed E-state index contributed by atoms with van der Waals surface area (Å²) in [4.78, 5) is 11.2. The molecule has 0 bridgehead atoms. The van der Waals surface area contributed by atoms with Gasteiger partial charge in [-0.3, -0.25) is 4.79 Å². The van der Waals surface area contributed by atoms with Crippen LogP contribution < -0.4 is 5.73 Å². The van der Waals surface area contributed by atoms with Crippen molar-refractivity contribution >= 4 is 5.78 Å². The van der Waals surface area contributed by atoms with E-state index in [0.717, 1.165) is 12.3 Å². The molecule has 0 aromatic heterocycles. The number of hydrogen-bond acceptors (Lipinski definition) is 2. The number of rotatable bonds is 4. The third-order valence-corrected chi connectivity index (χ3v) is 2.78.